The zero-order valence-electron chi connectivity index (χ0n) is 16.9. The number of carbonyl (C=O) groups is 1. The van der Waals surface area contributed by atoms with Gasteiger partial charge in [0.25, 0.3) is 0 Å². The molecule has 2 heterocycles. The zero-order valence-corrected chi connectivity index (χ0v) is 17.7. The molecule has 2 aromatic carbocycles. The molecule has 0 aliphatic carbocycles. The van der Waals surface area contributed by atoms with Crippen LogP contribution in [0.25, 0.3) is 28.1 Å². The van der Waals surface area contributed by atoms with E-state index in [0.29, 0.717) is 5.02 Å². The van der Waals surface area contributed by atoms with Gasteiger partial charge in [-0.15, -0.1) is 0 Å². The van der Waals surface area contributed by atoms with Crippen LogP contribution in [0.1, 0.15) is 28.7 Å². The summed E-state index contributed by atoms with van der Waals surface area (Å²) in [4.78, 5) is 14.9. The Labute approximate surface area is 188 Å². The van der Waals surface area contributed by atoms with Crippen LogP contribution in [0.5, 0.6) is 0 Å². The number of H-pyrrole nitrogens is 1. The van der Waals surface area contributed by atoms with Crippen molar-refractivity contribution < 1.29 is 14.3 Å². The number of halogens is 2. The summed E-state index contributed by atoms with van der Waals surface area (Å²) < 4.78 is 13.7. The maximum absolute atomic E-state index is 13.7. The molecule has 0 spiro atoms. The number of carboxylic acid groups (broad SMARTS) is 1. The third-order valence-electron chi connectivity index (χ3n) is 5.09. The molecule has 2 aromatic heterocycles. The Hall–Kier alpha value is -3.77. The van der Waals surface area contributed by atoms with Crippen molar-refractivity contribution in [2.45, 2.75) is 6.42 Å². The van der Waals surface area contributed by atoms with Crippen LogP contribution in [0.2, 0.25) is 5.02 Å². The van der Waals surface area contributed by atoms with Crippen molar-refractivity contribution in [1.82, 2.24) is 15.2 Å². The average Bonchev–Trinajstić information content (AvgIpc) is 3.27. The third kappa shape index (κ3) is 4.60. The van der Waals surface area contributed by atoms with E-state index in [1.807, 2.05) is 42.5 Å². The SMILES string of the molecule is O=C(O)C=Cc1ccc(C(=C(CCF)c2ccncc2Cl)c2ccc3[nH]ncc3c2)cc1. The molecule has 0 saturated heterocycles. The van der Waals surface area contributed by atoms with Gasteiger partial charge in [-0.3, -0.25) is 14.5 Å². The lowest BCUT2D eigenvalue weighted by Gasteiger charge is -2.18. The standard InChI is InChI=1S/C25H19ClFN3O2/c26-22-15-28-12-10-20(22)21(9-11-27)25(18-6-7-23-19(13-18)14-29-30-23)17-4-1-16(2-5-17)3-8-24(31)32/h1-8,10,12-15H,9,11H2,(H,29,30)(H,31,32). The van der Waals surface area contributed by atoms with Crippen LogP contribution in [-0.2, 0) is 4.79 Å². The second kappa shape index (κ2) is 9.58. The van der Waals surface area contributed by atoms with E-state index in [1.165, 1.54) is 6.08 Å². The molecule has 0 radical (unpaired) electrons. The highest BCUT2D eigenvalue weighted by atomic mass is 35.5. The second-order valence-corrected chi connectivity index (χ2v) is 7.52. The first-order valence-electron chi connectivity index (χ1n) is 9.91. The Morgan fingerprint density at radius 1 is 1.09 bits per heavy atom. The number of nitrogens with one attached hydrogen (secondary N) is 1. The van der Waals surface area contributed by atoms with Gasteiger partial charge in [0, 0.05) is 35.8 Å². The highest BCUT2D eigenvalue weighted by Crippen LogP contribution is 2.37. The quantitative estimate of drug-likeness (QED) is 0.339. The van der Waals surface area contributed by atoms with E-state index in [1.54, 1.807) is 24.7 Å². The first-order valence-corrected chi connectivity index (χ1v) is 10.3. The molecule has 2 N–H and O–H groups in total. The summed E-state index contributed by atoms with van der Waals surface area (Å²) in [6.45, 7) is -0.551. The number of nitrogens with zero attached hydrogens (tertiary/aromatic N) is 2. The lowest BCUT2D eigenvalue weighted by molar-refractivity contribution is -0.131. The average molecular weight is 448 g/mol. The van der Waals surface area contributed by atoms with Crippen LogP contribution in [0.4, 0.5) is 4.39 Å². The van der Waals surface area contributed by atoms with Gasteiger partial charge in [0.15, 0.2) is 0 Å². The number of benzene rings is 2. The van der Waals surface area contributed by atoms with Gasteiger partial charge in [0.05, 0.1) is 23.4 Å². The van der Waals surface area contributed by atoms with Crippen molar-refractivity contribution in [3.05, 3.63) is 100 Å². The van der Waals surface area contributed by atoms with Gasteiger partial charge < -0.3 is 5.11 Å². The number of hydrogen-bond acceptors (Lipinski definition) is 3. The number of aromatic amines is 1. The van der Waals surface area contributed by atoms with Gasteiger partial charge in [0.1, 0.15) is 0 Å². The fourth-order valence-electron chi connectivity index (χ4n) is 3.65. The molecule has 0 aliphatic rings. The monoisotopic (exact) mass is 447 g/mol. The molecule has 0 fully saturated rings. The molecule has 0 unspecified atom stereocenters. The molecule has 4 rings (SSSR count). The molecular formula is C25H19ClFN3O2. The van der Waals surface area contributed by atoms with Gasteiger partial charge in [-0.2, -0.15) is 5.10 Å². The number of fused-ring (bicyclic) bond motifs is 1. The first-order chi connectivity index (χ1) is 15.6. The van der Waals surface area contributed by atoms with Crippen molar-refractivity contribution in [2.75, 3.05) is 6.67 Å². The second-order valence-electron chi connectivity index (χ2n) is 7.11. The number of hydrogen-bond donors (Lipinski definition) is 2. The van der Waals surface area contributed by atoms with E-state index in [-0.39, 0.29) is 6.42 Å². The minimum atomic E-state index is -1.01. The van der Waals surface area contributed by atoms with Gasteiger partial charge >= 0.3 is 5.97 Å². The van der Waals surface area contributed by atoms with E-state index in [2.05, 4.69) is 15.2 Å². The Morgan fingerprint density at radius 3 is 2.59 bits per heavy atom. The molecule has 32 heavy (non-hydrogen) atoms. The van der Waals surface area contributed by atoms with Gasteiger partial charge in [0.2, 0.25) is 0 Å². The number of allylic oxidation sites excluding steroid dienone is 1. The maximum atomic E-state index is 13.7. The number of aromatic nitrogens is 3. The fourth-order valence-corrected chi connectivity index (χ4v) is 3.88. The Bertz CT molecular complexity index is 1330. The lowest BCUT2D eigenvalue weighted by Crippen LogP contribution is -1.98. The molecule has 0 saturated carbocycles. The normalized spacial score (nSPS) is 12.3. The Balaban J connectivity index is 1.94. The third-order valence-corrected chi connectivity index (χ3v) is 5.39. The molecule has 0 atom stereocenters. The number of pyridine rings is 1. The van der Waals surface area contributed by atoms with Gasteiger partial charge in [-0.25, -0.2) is 4.79 Å². The first kappa shape index (κ1) is 21.5. The predicted molar refractivity (Wildman–Crippen MR) is 125 cm³/mol. The summed E-state index contributed by atoms with van der Waals surface area (Å²) >= 11 is 6.45. The molecule has 5 nitrogen and oxygen atoms in total. The predicted octanol–water partition coefficient (Wildman–Crippen LogP) is 6.03. The summed E-state index contributed by atoms with van der Waals surface area (Å²) in [5.74, 6) is -1.01. The minimum Gasteiger partial charge on any atom is -0.478 e. The van der Waals surface area contributed by atoms with E-state index >= 15 is 0 Å². The fraction of sp³-hybridized carbons (Fsp3) is 0.0800. The summed E-state index contributed by atoms with van der Waals surface area (Å²) in [5.41, 5.74) is 5.72. The van der Waals surface area contributed by atoms with Crippen molar-refractivity contribution in [1.29, 1.82) is 0 Å². The lowest BCUT2D eigenvalue weighted by atomic mass is 9.87. The van der Waals surface area contributed by atoms with Crippen LogP contribution in [-0.4, -0.2) is 32.9 Å². The number of aliphatic carboxylic acids is 1. The van der Waals surface area contributed by atoms with Gasteiger partial charge in [-0.1, -0.05) is 41.9 Å². The van der Waals surface area contributed by atoms with Crippen molar-refractivity contribution in [2.24, 2.45) is 0 Å². The molecule has 7 heteroatoms. The van der Waals surface area contributed by atoms with E-state index in [9.17, 15) is 9.18 Å². The van der Waals surface area contributed by atoms with E-state index < -0.39 is 12.6 Å². The molecule has 0 amide bonds. The van der Waals surface area contributed by atoms with Crippen molar-refractivity contribution in [3.8, 4) is 0 Å². The van der Waals surface area contributed by atoms with Crippen LogP contribution in [0.3, 0.4) is 0 Å². The van der Waals surface area contributed by atoms with E-state index in [4.69, 9.17) is 16.7 Å². The van der Waals surface area contributed by atoms with Gasteiger partial charge in [-0.05, 0) is 52.1 Å². The Morgan fingerprint density at radius 2 is 1.88 bits per heavy atom. The molecule has 4 aromatic rings. The molecule has 0 bridgehead atoms. The summed E-state index contributed by atoms with van der Waals surface area (Å²) in [5, 5.41) is 17.3. The zero-order chi connectivity index (χ0) is 22.5. The minimum absolute atomic E-state index is 0.170. The van der Waals surface area contributed by atoms with Crippen LogP contribution in [0, 0.1) is 0 Å². The maximum Gasteiger partial charge on any atom is 0.328 e. The highest BCUT2D eigenvalue weighted by Gasteiger charge is 2.17. The summed E-state index contributed by atoms with van der Waals surface area (Å²) in [6, 6.07) is 15.1. The molecular weight excluding hydrogens is 429 g/mol. The molecule has 160 valence electrons. The van der Waals surface area contributed by atoms with Crippen LogP contribution < -0.4 is 0 Å². The topological polar surface area (TPSA) is 78.9 Å². The van der Waals surface area contributed by atoms with Crippen molar-refractivity contribution >= 4 is 45.7 Å². The number of rotatable bonds is 7. The van der Waals surface area contributed by atoms with E-state index in [0.717, 1.165) is 50.4 Å². The number of alkyl halides is 1. The van der Waals surface area contributed by atoms with Crippen LogP contribution >= 0.6 is 11.6 Å². The largest absolute Gasteiger partial charge is 0.478 e. The van der Waals surface area contributed by atoms with Crippen molar-refractivity contribution in [3.63, 3.8) is 0 Å². The number of carboxylic acids is 1. The summed E-state index contributed by atoms with van der Waals surface area (Å²) in [6.07, 6.45) is 7.70. The molecule has 0 aliphatic heterocycles. The smallest absolute Gasteiger partial charge is 0.328 e. The van der Waals surface area contributed by atoms with Crippen LogP contribution in [0.15, 0.2) is 73.2 Å². The highest BCUT2D eigenvalue weighted by molar-refractivity contribution is 6.32. The Kier molecular flexibility index (Phi) is 6.42. The summed E-state index contributed by atoms with van der Waals surface area (Å²) in [7, 11) is 0.